The molecule has 6 nitrogen and oxygen atoms in total. The molecule has 0 aromatic heterocycles. The number of hydrogen-bond donors (Lipinski definition) is 2. The van der Waals surface area contributed by atoms with Gasteiger partial charge in [0, 0.05) is 16.4 Å². The van der Waals surface area contributed by atoms with Crippen molar-refractivity contribution in [2.75, 3.05) is 17.2 Å². The number of carbonyl (C=O) groups is 2. The van der Waals surface area contributed by atoms with E-state index in [1.165, 1.54) is 0 Å². The lowest BCUT2D eigenvalue weighted by Crippen LogP contribution is -2.30. The van der Waals surface area contributed by atoms with Gasteiger partial charge in [0.25, 0.3) is 11.8 Å². The first-order chi connectivity index (χ1) is 15.4. The molecule has 3 rings (SSSR count). The summed E-state index contributed by atoms with van der Waals surface area (Å²) in [5.74, 6) is 0.330. The molecule has 0 unspecified atom stereocenters. The molecule has 32 heavy (non-hydrogen) atoms. The second-order valence-electron chi connectivity index (χ2n) is 7.12. The SMILES string of the molecule is CCOc1ccc(NC(=O)[C@@H](C)Oc2ccccc2C(=O)Nc2ccc(C)c(Cl)c2)cc1. The number of para-hydroxylation sites is 1. The lowest BCUT2D eigenvalue weighted by atomic mass is 10.1. The molecule has 0 aliphatic heterocycles. The maximum atomic E-state index is 12.8. The molecule has 1 atom stereocenters. The van der Waals surface area contributed by atoms with Gasteiger partial charge in [-0.2, -0.15) is 0 Å². The van der Waals surface area contributed by atoms with Crippen LogP contribution < -0.4 is 20.1 Å². The van der Waals surface area contributed by atoms with E-state index in [0.717, 1.165) is 11.3 Å². The summed E-state index contributed by atoms with van der Waals surface area (Å²) in [4.78, 5) is 25.4. The van der Waals surface area contributed by atoms with Crippen LogP contribution in [0.3, 0.4) is 0 Å². The fraction of sp³-hybridized carbons (Fsp3) is 0.200. The largest absolute Gasteiger partial charge is 0.494 e. The highest BCUT2D eigenvalue weighted by Gasteiger charge is 2.19. The molecule has 0 heterocycles. The Kier molecular flexibility index (Phi) is 7.73. The van der Waals surface area contributed by atoms with Gasteiger partial charge in [-0.05, 0) is 74.9 Å². The third-order valence-electron chi connectivity index (χ3n) is 4.67. The van der Waals surface area contributed by atoms with Gasteiger partial charge in [-0.3, -0.25) is 9.59 Å². The van der Waals surface area contributed by atoms with Crippen LogP contribution in [0.1, 0.15) is 29.8 Å². The van der Waals surface area contributed by atoms with Gasteiger partial charge >= 0.3 is 0 Å². The number of rotatable bonds is 8. The molecule has 0 fully saturated rings. The third-order valence-corrected chi connectivity index (χ3v) is 5.07. The van der Waals surface area contributed by atoms with Crippen molar-refractivity contribution in [3.8, 4) is 11.5 Å². The van der Waals surface area contributed by atoms with E-state index in [4.69, 9.17) is 21.1 Å². The lowest BCUT2D eigenvalue weighted by molar-refractivity contribution is -0.122. The van der Waals surface area contributed by atoms with E-state index in [-0.39, 0.29) is 11.8 Å². The Hall–Kier alpha value is -3.51. The smallest absolute Gasteiger partial charge is 0.265 e. The molecule has 3 aromatic rings. The number of anilines is 2. The van der Waals surface area contributed by atoms with Crippen molar-refractivity contribution in [2.24, 2.45) is 0 Å². The Morgan fingerprint density at radius 2 is 1.66 bits per heavy atom. The zero-order valence-corrected chi connectivity index (χ0v) is 18.9. The van der Waals surface area contributed by atoms with E-state index in [1.807, 2.05) is 19.9 Å². The fourth-order valence-corrected chi connectivity index (χ4v) is 3.10. The standard InChI is InChI=1S/C25H25ClN2O4/c1-4-31-20-13-11-18(12-14-20)27-24(29)17(3)32-23-8-6-5-7-21(23)25(30)28-19-10-9-16(2)22(26)15-19/h5-15,17H,4H2,1-3H3,(H,27,29)(H,28,30)/t17-/m1/s1. The molecule has 0 spiro atoms. The predicted molar refractivity (Wildman–Crippen MR) is 127 cm³/mol. The summed E-state index contributed by atoms with van der Waals surface area (Å²) < 4.78 is 11.2. The van der Waals surface area contributed by atoms with Crippen molar-refractivity contribution in [3.63, 3.8) is 0 Å². The number of hydrogen-bond acceptors (Lipinski definition) is 4. The predicted octanol–water partition coefficient (Wildman–Crippen LogP) is 5.71. The van der Waals surface area contributed by atoms with E-state index in [2.05, 4.69) is 10.6 Å². The number of nitrogens with one attached hydrogen (secondary N) is 2. The van der Waals surface area contributed by atoms with Crippen molar-refractivity contribution < 1.29 is 19.1 Å². The molecular weight excluding hydrogens is 428 g/mol. The molecule has 0 saturated carbocycles. The molecule has 0 aliphatic rings. The maximum absolute atomic E-state index is 12.8. The normalized spacial score (nSPS) is 11.4. The minimum Gasteiger partial charge on any atom is -0.494 e. The van der Waals surface area contributed by atoms with Gasteiger partial charge < -0.3 is 20.1 Å². The van der Waals surface area contributed by atoms with E-state index in [0.29, 0.717) is 34.3 Å². The number of amides is 2. The number of ether oxygens (including phenoxy) is 2. The van der Waals surface area contributed by atoms with Crippen molar-refractivity contribution >= 4 is 34.8 Å². The number of aryl methyl sites for hydroxylation is 1. The van der Waals surface area contributed by atoms with Gasteiger partial charge in [-0.25, -0.2) is 0 Å². The monoisotopic (exact) mass is 452 g/mol. The first-order valence-corrected chi connectivity index (χ1v) is 10.6. The summed E-state index contributed by atoms with van der Waals surface area (Å²) >= 11 is 6.14. The maximum Gasteiger partial charge on any atom is 0.265 e. The molecule has 0 bridgehead atoms. The molecular formula is C25H25ClN2O4. The number of halogens is 1. The summed E-state index contributed by atoms with van der Waals surface area (Å²) in [5, 5.41) is 6.17. The number of carbonyl (C=O) groups excluding carboxylic acids is 2. The van der Waals surface area contributed by atoms with Crippen LogP contribution in [-0.2, 0) is 4.79 Å². The van der Waals surface area contributed by atoms with Gasteiger partial charge in [-0.1, -0.05) is 29.8 Å². The van der Waals surface area contributed by atoms with Crippen LogP contribution in [0.15, 0.2) is 66.7 Å². The summed E-state index contributed by atoms with van der Waals surface area (Å²) in [6.07, 6.45) is -0.829. The first-order valence-electron chi connectivity index (χ1n) is 10.2. The first kappa shape index (κ1) is 23.2. The molecule has 2 N–H and O–H groups in total. The van der Waals surface area contributed by atoms with Crippen molar-refractivity contribution in [1.82, 2.24) is 0 Å². The molecule has 0 radical (unpaired) electrons. The van der Waals surface area contributed by atoms with Crippen LogP contribution >= 0.6 is 11.6 Å². The van der Waals surface area contributed by atoms with Crippen LogP contribution in [-0.4, -0.2) is 24.5 Å². The Morgan fingerprint density at radius 3 is 2.34 bits per heavy atom. The lowest BCUT2D eigenvalue weighted by Gasteiger charge is -2.17. The van der Waals surface area contributed by atoms with Crippen molar-refractivity contribution in [3.05, 3.63) is 82.9 Å². The summed E-state index contributed by atoms with van der Waals surface area (Å²) in [6, 6.07) is 19.1. The fourth-order valence-electron chi connectivity index (χ4n) is 2.92. The van der Waals surface area contributed by atoms with Crippen LogP contribution in [0.4, 0.5) is 11.4 Å². The molecule has 2 amide bonds. The van der Waals surface area contributed by atoms with Gasteiger partial charge in [0.1, 0.15) is 11.5 Å². The molecule has 0 aliphatic carbocycles. The highest BCUT2D eigenvalue weighted by molar-refractivity contribution is 6.31. The Morgan fingerprint density at radius 1 is 0.969 bits per heavy atom. The second kappa shape index (κ2) is 10.7. The van der Waals surface area contributed by atoms with Gasteiger partial charge in [0.15, 0.2) is 6.10 Å². The zero-order valence-electron chi connectivity index (χ0n) is 18.1. The van der Waals surface area contributed by atoms with Crippen LogP contribution in [0.5, 0.6) is 11.5 Å². The van der Waals surface area contributed by atoms with E-state index in [9.17, 15) is 9.59 Å². The molecule has 7 heteroatoms. The summed E-state index contributed by atoms with van der Waals surface area (Å²) in [7, 11) is 0. The van der Waals surface area contributed by atoms with Crippen LogP contribution in [0.2, 0.25) is 5.02 Å². The number of benzene rings is 3. The Balaban J connectivity index is 1.67. The second-order valence-corrected chi connectivity index (χ2v) is 7.53. The third kappa shape index (κ3) is 6.02. The summed E-state index contributed by atoms with van der Waals surface area (Å²) in [5.41, 5.74) is 2.42. The average Bonchev–Trinajstić information content (AvgIpc) is 2.78. The van der Waals surface area contributed by atoms with Gasteiger partial charge in [0.05, 0.1) is 12.2 Å². The van der Waals surface area contributed by atoms with Crippen LogP contribution in [0.25, 0.3) is 0 Å². The van der Waals surface area contributed by atoms with Gasteiger partial charge in [0.2, 0.25) is 0 Å². The highest BCUT2D eigenvalue weighted by atomic mass is 35.5. The zero-order chi connectivity index (χ0) is 23.1. The Labute approximate surface area is 192 Å². The Bertz CT molecular complexity index is 1100. The quantitative estimate of drug-likeness (QED) is 0.459. The van der Waals surface area contributed by atoms with Crippen molar-refractivity contribution in [2.45, 2.75) is 26.9 Å². The minimum atomic E-state index is -0.829. The van der Waals surface area contributed by atoms with E-state index in [1.54, 1.807) is 67.6 Å². The molecule has 166 valence electrons. The molecule has 0 saturated heterocycles. The van der Waals surface area contributed by atoms with E-state index >= 15 is 0 Å². The van der Waals surface area contributed by atoms with E-state index < -0.39 is 6.10 Å². The average molecular weight is 453 g/mol. The van der Waals surface area contributed by atoms with Crippen LogP contribution in [0, 0.1) is 6.92 Å². The minimum absolute atomic E-state index is 0.303. The molecule has 3 aromatic carbocycles. The van der Waals surface area contributed by atoms with Gasteiger partial charge in [-0.15, -0.1) is 0 Å². The topological polar surface area (TPSA) is 76.7 Å². The summed E-state index contributed by atoms with van der Waals surface area (Å²) in [6.45, 7) is 5.98. The van der Waals surface area contributed by atoms with Crippen molar-refractivity contribution in [1.29, 1.82) is 0 Å². The highest BCUT2D eigenvalue weighted by Crippen LogP contribution is 2.24.